The fraction of sp³-hybridized carbons (Fsp3) is 0.625. The van der Waals surface area contributed by atoms with E-state index in [4.69, 9.17) is 14.2 Å². The summed E-state index contributed by atoms with van der Waals surface area (Å²) in [5.74, 6) is 1.54. The van der Waals surface area contributed by atoms with Crippen LogP contribution >= 0.6 is 0 Å². The Bertz CT molecular complexity index is 419. The molecule has 4 heteroatoms. The monoisotopic (exact) mass is 280 g/mol. The molecule has 0 aliphatic heterocycles. The summed E-state index contributed by atoms with van der Waals surface area (Å²) in [4.78, 5) is 0. The van der Waals surface area contributed by atoms with Crippen LogP contribution in [0.1, 0.15) is 44.2 Å². The third kappa shape index (κ3) is 2.63. The average molecular weight is 280 g/mol. The van der Waals surface area contributed by atoms with E-state index in [9.17, 15) is 5.11 Å². The van der Waals surface area contributed by atoms with Crippen molar-refractivity contribution >= 4 is 0 Å². The van der Waals surface area contributed by atoms with Crippen LogP contribution in [0, 0.1) is 0 Å². The number of rotatable bonds is 7. The predicted octanol–water partition coefficient (Wildman–Crippen LogP) is 3.00. The van der Waals surface area contributed by atoms with Gasteiger partial charge in [0.25, 0.3) is 0 Å². The van der Waals surface area contributed by atoms with Gasteiger partial charge in [0.2, 0.25) is 0 Å². The van der Waals surface area contributed by atoms with E-state index < -0.39 is 0 Å². The molecule has 0 radical (unpaired) electrons. The minimum atomic E-state index is -0.303. The smallest absolute Gasteiger partial charge is 0.129 e. The predicted molar refractivity (Wildman–Crippen MR) is 77.2 cm³/mol. The van der Waals surface area contributed by atoms with Gasteiger partial charge in [-0.05, 0) is 50.8 Å². The van der Waals surface area contributed by atoms with Crippen molar-refractivity contribution in [1.82, 2.24) is 0 Å². The van der Waals surface area contributed by atoms with Gasteiger partial charge in [-0.3, -0.25) is 0 Å². The van der Waals surface area contributed by atoms with Crippen LogP contribution in [-0.2, 0) is 16.9 Å². The fourth-order valence-corrected chi connectivity index (χ4v) is 2.78. The number of aliphatic hydroxyl groups excluding tert-OH is 1. The average Bonchev–Trinajstić information content (AvgIpc) is 2.41. The molecule has 0 spiro atoms. The van der Waals surface area contributed by atoms with E-state index in [2.05, 4.69) is 0 Å². The maximum Gasteiger partial charge on any atom is 0.129 e. The van der Waals surface area contributed by atoms with Crippen LogP contribution in [0.15, 0.2) is 12.1 Å². The van der Waals surface area contributed by atoms with Gasteiger partial charge in [-0.25, -0.2) is 0 Å². The largest absolute Gasteiger partial charge is 0.493 e. The number of hydrogen-bond acceptors (Lipinski definition) is 4. The minimum Gasteiger partial charge on any atom is -0.493 e. The second-order valence-electron chi connectivity index (χ2n) is 5.04. The van der Waals surface area contributed by atoms with Gasteiger partial charge in [-0.1, -0.05) is 0 Å². The van der Waals surface area contributed by atoms with Crippen molar-refractivity contribution in [3.8, 4) is 11.5 Å². The summed E-state index contributed by atoms with van der Waals surface area (Å²) in [5, 5.41) is 9.40. The maximum absolute atomic E-state index is 9.40. The van der Waals surface area contributed by atoms with Gasteiger partial charge >= 0.3 is 0 Å². The molecule has 112 valence electrons. The van der Waals surface area contributed by atoms with Gasteiger partial charge in [0, 0.05) is 7.11 Å². The second-order valence-corrected chi connectivity index (χ2v) is 5.04. The lowest BCUT2D eigenvalue weighted by Crippen LogP contribution is -2.37. The summed E-state index contributed by atoms with van der Waals surface area (Å²) in [6.07, 6.45) is 3.09. The Kier molecular flexibility index (Phi) is 4.89. The van der Waals surface area contributed by atoms with Crippen molar-refractivity contribution in [3.63, 3.8) is 0 Å². The molecule has 4 nitrogen and oxygen atoms in total. The molecule has 1 saturated carbocycles. The lowest BCUT2D eigenvalue weighted by Gasteiger charge is -2.42. The molecule has 0 atom stereocenters. The molecule has 1 aliphatic carbocycles. The van der Waals surface area contributed by atoms with Gasteiger partial charge in [0.15, 0.2) is 0 Å². The lowest BCUT2D eigenvalue weighted by atomic mass is 9.74. The van der Waals surface area contributed by atoms with E-state index in [1.807, 2.05) is 26.0 Å². The Morgan fingerprint density at radius 2 is 1.65 bits per heavy atom. The van der Waals surface area contributed by atoms with E-state index in [0.717, 1.165) is 41.9 Å². The molecule has 0 amide bonds. The van der Waals surface area contributed by atoms with Gasteiger partial charge in [-0.15, -0.1) is 0 Å². The van der Waals surface area contributed by atoms with Gasteiger partial charge in [0.1, 0.15) is 11.5 Å². The number of aliphatic hydroxyl groups is 1. The van der Waals surface area contributed by atoms with Crippen LogP contribution < -0.4 is 9.47 Å². The molecule has 0 unspecified atom stereocenters. The summed E-state index contributed by atoms with van der Waals surface area (Å²) in [6, 6.07) is 3.78. The number of benzene rings is 1. The molecular formula is C16H24O4. The molecule has 1 aromatic carbocycles. The first-order valence-electron chi connectivity index (χ1n) is 7.29. The Morgan fingerprint density at radius 3 is 1.95 bits per heavy atom. The van der Waals surface area contributed by atoms with Crippen LogP contribution in [0.4, 0.5) is 0 Å². The maximum atomic E-state index is 9.40. The highest BCUT2D eigenvalue weighted by Gasteiger charge is 2.43. The summed E-state index contributed by atoms with van der Waals surface area (Å²) in [7, 11) is 1.74. The van der Waals surface area contributed by atoms with Crippen molar-refractivity contribution in [3.05, 3.63) is 23.3 Å². The molecule has 1 fully saturated rings. The first kappa shape index (κ1) is 15.1. The molecule has 0 aromatic heterocycles. The SMILES string of the molecule is CCOc1cc(CO)cc(OCC)c1C1(OC)CCC1. The third-order valence-corrected chi connectivity index (χ3v) is 3.92. The molecule has 1 aliphatic rings. The molecule has 20 heavy (non-hydrogen) atoms. The van der Waals surface area contributed by atoms with Crippen LogP contribution in [0.5, 0.6) is 11.5 Å². The van der Waals surface area contributed by atoms with Gasteiger partial charge in [-0.2, -0.15) is 0 Å². The van der Waals surface area contributed by atoms with Crippen molar-refractivity contribution in [1.29, 1.82) is 0 Å². The molecule has 0 saturated heterocycles. The molecule has 2 rings (SSSR count). The summed E-state index contributed by atoms with van der Waals surface area (Å²) in [5.41, 5.74) is 1.49. The zero-order valence-electron chi connectivity index (χ0n) is 12.6. The second kappa shape index (κ2) is 6.46. The summed E-state index contributed by atoms with van der Waals surface area (Å²) in [6.45, 7) is 5.03. The summed E-state index contributed by atoms with van der Waals surface area (Å²) < 4.78 is 17.3. The Balaban J connectivity index is 2.54. The number of methoxy groups -OCH3 is 1. The highest BCUT2D eigenvalue weighted by Crippen LogP contribution is 2.51. The van der Waals surface area contributed by atoms with Crippen LogP contribution in [0.25, 0.3) is 0 Å². The summed E-state index contributed by atoms with van der Waals surface area (Å²) >= 11 is 0. The molecular weight excluding hydrogens is 256 g/mol. The Labute approximate surface area is 120 Å². The first-order chi connectivity index (χ1) is 9.70. The van der Waals surface area contributed by atoms with Crippen molar-refractivity contribution < 1.29 is 19.3 Å². The van der Waals surface area contributed by atoms with E-state index in [1.54, 1.807) is 7.11 Å². The van der Waals surface area contributed by atoms with Crippen LogP contribution in [0.3, 0.4) is 0 Å². The third-order valence-electron chi connectivity index (χ3n) is 3.92. The van der Waals surface area contributed by atoms with E-state index in [1.165, 1.54) is 0 Å². The number of ether oxygens (including phenoxy) is 3. The normalized spacial score (nSPS) is 16.6. The standard InChI is InChI=1S/C16H24O4/c1-4-19-13-9-12(11-17)10-14(20-5-2)15(13)16(18-3)7-6-8-16/h9-10,17H,4-8,11H2,1-3H3. The van der Waals surface area contributed by atoms with E-state index in [0.29, 0.717) is 13.2 Å². The van der Waals surface area contributed by atoms with Crippen molar-refractivity contribution in [2.24, 2.45) is 0 Å². The highest BCUT2D eigenvalue weighted by atomic mass is 16.5. The van der Waals surface area contributed by atoms with Gasteiger partial charge < -0.3 is 19.3 Å². The fourth-order valence-electron chi connectivity index (χ4n) is 2.78. The van der Waals surface area contributed by atoms with E-state index >= 15 is 0 Å². The molecule has 1 aromatic rings. The lowest BCUT2D eigenvalue weighted by molar-refractivity contribution is -0.0809. The molecule has 1 N–H and O–H groups in total. The zero-order valence-corrected chi connectivity index (χ0v) is 12.6. The molecule has 0 bridgehead atoms. The topological polar surface area (TPSA) is 47.9 Å². The Hall–Kier alpha value is -1.26. The van der Waals surface area contributed by atoms with Crippen LogP contribution in [0.2, 0.25) is 0 Å². The quantitative estimate of drug-likeness (QED) is 0.834. The molecule has 0 heterocycles. The number of hydrogen-bond donors (Lipinski definition) is 1. The van der Waals surface area contributed by atoms with Crippen molar-refractivity contribution in [2.45, 2.75) is 45.3 Å². The Morgan fingerprint density at radius 1 is 1.10 bits per heavy atom. The first-order valence-corrected chi connectivity index (χ1v) is 7.29. The van der Waals surface area contributed by atoms with Crippen molar-refractivity contribution in [2.75, 3.05) is 20.3 Å². The zero-order chi connectivity index (χ0) is 14.6. The highest BCUT2D eigenvalue weighted by molar-refractivity contribution is 5.52. The van der Waals surface area contributed by atoms with Crippen LogP contribution in [-0.4, -0.2) is 25.4 Å². The van der Waals surface area contributed by atoms with E-state index in [-0.39, 0.29) is 12.2 Å². The van der Waals surface area contributed by atoms with Gasteiger partial charge in [0.05, 0.1) is 31.0 Å². The minimum absolute atomic E-state index is 0.0274.